The summed E-state index contributed by atoms with van der Waals surface area (Å²) in [7, 11) is 0. The zero-order valence-electron chi connectivity index (χ0n) is 11.8. The van der Waals surface area contributed by atoms with E-state index in [0.29, 0.717) is 17.7 Å². The van der Waals surface area contributed by atoms with E-state index in [4.69, 9.17) is 10.8 Å². The monoisotopic (exact) mass is 288 g/mol. The Labute approximate surface area is 122 Å². The molecule has 1 unspecified atom stereocenters. The van der Waals surface area contributed by atoms with Crippen LogP contribution in [0, 0.1) is 24.2 Å². The molecule has 8 nitrogen and oxygen atoms in total. The largest absolute Gasteiger partial charge is 0.392 e. The number of aryl methyl sites for hydroxylation is 1. The maximum atomic E-state index is 12.1. The zero-order chi connectivity index (χ0) is 15.8. The molecule has 110 valence electrons. The number of rotatable bonds is 6. The van der Waals surface area contributed by atoms with Crippen molar-refractivity contribution in [1.82, 2.24) is 4.98 Å². The summed E-state index contributed by atoms with van der Waals surface area (Å²) in [6.07, 6.45) is 0.832. The van der Waals surface area contributed by atoms with Gasteiger partial charge in [-0.05, 0) is 30.5 Å². The van der Waals surface area contributed by atoms with E-state index in [9.17, 15) is 9.90 Å². The minimum absolute atomic E-state index is 0.125. The predicted octanol–water partition coefficient (Wildman–Crippen LogP) is 1.90. The lowest BCUT2D eigenvalue weighted by atomic mass is 9.99. The SMILES string of the molecule is CC[C@@H](O)C(CN=[N+]=[N-])C(=O)Nc1cnc(C#N)c(C)c1. The van der Waals surface area contributed by atoms with Gasteiger partial charge in [-0.1, -0.05) is 12.0 Å². The van der Waals surface area contributed by atoms with Gasteiger partial charge >= 0.3 is 0 Å². The number of aromatic nitrogens is 1. The van der Waals surface area contributed by atoms with Gasteiger partial charge in [-0.15, -0.1) is 0 Å². The van der Waals surface area contributed by atoms with Gasteiger partial charge in [0.15, 0.2) is 0 Å². The van der Waals surface area contributed by atoms with E-state index in [0.717, 1.165) is 0 Å². The molecule has 2 atom stereocenters. The molecule has 8 heteroatoms. The third-order valence-corrected chi connectivity index (χ3v) is 3.01. The number of aliphatic hydroxyl groups is 1. The minimum atomic E-state index is -0.900. The van der Waals surface area contributed by atoms with Crippen molar-refractivity contribution in [2.24, 2.45) is 11.0 Å². The second-order valence-electron chi connectivity index (χ2n) is 4.49. The number of aliphatic hydroxyl groups excluding tert-OH is 1. The maximum Gasteiger partial charge on any atom is 0.230 e. The van der Waals surface area contributed by atoms with E-state index in [1.807, 2.05) is 6.07 Å². The molecule has 21 heavy (non-hydrogen) atoms. The van der Waals surface area contributed by atoms with Crippen LogP contribution < -0.4 is 5.32 Å². The van der Waals surface area contributed by atoms with E-state index in [2.05, 4.69) is 20.3 Å². The van der Waals surface area contributed by atoms with Crippen LogP contribution in [0.15, 0.2) is 17.4 Å². The number of carbonyl (C=O) groups is 1. The molecule has 0 aliphatic heterocycles. The molecule has 2 N–H and O–H groups in total. The fourth-order valence-electron chi connectivity index (χ4n) is 1.78. The standard InChI is InChI=1S/C13H16N6O2/c1-3-12(20)10(7-17-19-15)13(21)18-9-4-8(2)11(5-14)16-6-9/h4,6,10,12,20H,3,7H2,1-2H3,(H,18,21)/t10?,12-/m1/s1. The first-order valence-corrected chi connectivity index (χ1v) is 6.40. The number of amides is 1. The second kappa shape index (κ2) is 7.85. The first-order valence-electron chi connectivity index (χ1n) is 6.40. The number of nitrogens with one attached hydrogen (secondary N) is 1. The van der Waals surface area contributed by atoms with E-state index in [1.165, 1.54) is 6.20 Å². The second-order valence-corrected chi connectivity index (χ2v) is 4.49. The van der Waals surface area contributed by atoms with Crippen LogP contribution in [0.5, 0.6) is 0 Å². The van der Waals surface area contributed by atoms with Crippen molar-refractivity contribution in [2.75, 3.05) is 11.9 Å². The third-order valence-electron chi connectivity index (χ3n) is 3.01. The van der Waals surface area contributed by atoms with Gasteiger partial charge < -0.3 is 10.4 Å². The number of hydrogen-bond donors (Lipinski definition) is 2. The van der Waals surface area contributed by atoms with Crippen molar-refractivity contribution < 1.29 is 9.90 Å². The number of pyridine rings is 1. The van der Waals surface area contributed by atoms with Crippen LogP contribution in [0.4, 0.5) is 5.69 Å². The van der Waals surface area contributed by atoms with Gasteiger partial charge in [-0.3, -0.25) is 4.79 Å². The maximum absolute atomic E-state index is 12.1. The molecule has 0 fully saturated rings. The van der Waals surface area contributed by atoms with Crippen LogP contribution in [0.3, 0.4) is 0 Å². The van der Waals surface area contributed by atoms with E-state index in [-0.39, 0.29) is 12.2 Å². The van der Waals surface area contributed by atoms with Crippen molar-refractivity contribution in [1.29, 1.82) is 5.26 Å². The first-order chi connectivity index (χ1) is 10.0. The van der Waals surface area contributed by atoms with Gasteiger partial charge in [0, 0.05) is 11.5 Å². The smallest absolute Gasteiger partial charge is 0.230 e. The lowest BCUT2D eigenvalue weighted by molar-refractivity contribution is -0.122. The van der Waals surface area contributed by atoms with Crippen LogP contribution in [0.1, 0.15) is 24.6 Å². The highest BCUT2D eigenvalue weighted by Gasteiger charge is 2.25. The van der Waals surface area contributed by atoms with Crippen molar-refractivity contribution in [3.8, 4) is 6.07 Å². The molecule has 0 spiro atoms. The molecule has 1 heterocycles. The summed E-state index contributed by atoms with van der Waals surface area (Å²) in [4.78, 5) is 18.7. The quantitative estimate of drug-likeness (QED) is 0.469. The van der Waals surface area contributed by atoms with Gasteiger partial charge in [-0.25, -0.2) is 4.98 Å². The fourth-order valence-corrected chi connectivity index (χ4v) is 1.78. The molecule has 1 amide bonds. The lowest BCUT2D eigenvalue weighted by Crippen LogP contribution is -2.34. The molecule has 0 bridgehead atoms. The number of anilines is 1. The summed E-state index contributed by atoms with van der Waals surface area (Å²) in [6, 6.07) is 3.55. The molecule has 0 saturated heterocycles. The first kappa shape index (κ1) is 16.4. The van der Waals surface area contributed by atoms with Crippen LogP contribution in [0.25, 0.3) is 10.4 Å². The zero-order valence-corrected chi connectivity index (χ0v) is 11.8. The molecular weight excluding hydrogens is 272 g/mol. The molecule has 0 aliphatic carbocycles. The van der Waals surface area contributed by atoms with Crippen molar-refractivity contribution in [2.45, 2.75) is 26.4 Å². The number of carbonyl (C=O) groups excluding carboxylic acids is 1. The Morgan fingerprint density at radius 3 is 2.95 bits per heavy atom. The molecule has 1 aromatic heterocycles. The lowest BCUT2D eigenvalue weighted by Gasteiger charge is -2.19. The van der Waals surface area contributed by atoms with E-state index >= 15 is 0 Å². The average Bonchev–Trinajstić information content (AvgIpc) is 2.47. The Bertz CT molecular complexity index is 603. The van der Waals surface area contributed by atoms with Crippen LogP contribution >= 0.6 is 0 Å². The van der Waals surface area contributed by atoms with Crippen molar-refractivity contribution in [3.63, 3.8) is 0 Å². The highest BCUT2D eigenvalue weighted by Crippen LogP contribution is 2.15. The molecule has 1 rings (SSSR count). The number of azide groups is 1. The molecule has 0 radical (unpaired) electrons. The average molecular weight is 288 g/mol. The van der Waals surface area contributed by atoms with Gasteiger partial charge in [-0.2, -0.15) is 5.26 Å². The number of nitrogens with zero attached hydrogens (tertiary/aromatic N) is 5. The topological polar surface area (TPSA) is 135 Å². The van der Waals surface area contributed by atoms with E-state index in [1.54, 1.807) is 19.9 Å². The van der Waals surface area contributed by atoms with Crippen molar-refractivity contribution >= 4 is 11.6 Å². The predicted molar refractivity (Wildman–Crippen MR) is 76.1 cm³/mol. The Balaban J connectivity index is 2.88. The number of hydrogen-bond acceptors (Lipinski definition) is 5. The highest BCUT2D eigenvalue weighted by atomic mass is 16.3. The normalized spacial score (nSPS) is 12.7. The minimum Gasteiger partial charge on any atom is -0.392 e. The molecule has 1 aromatic rings. The summed E-state index contributed by atoms with van der Waals surface area (Å²) in [6.45, 7) is 3.31. The van der Waals surface area contributed by atoms with Crippen LogP contribution in [-0.4, -0.2) is 28.6 Å². The summed E-state index contributed by atoms with van der Waals surface area (Å²) in [5.41, 5.74) is 9.68. The van der Waals surface area contributed by atoms with Crippen LogP contribution in [0.2, 0.25) is 0 Å². The summed E-state index contributed by atoms with van der Waals surface area (Å²) in [5.74, 6) is -1.29. The Morgan fingerprint density at radius 2 is 2.43 bits per heavy atom. The van der Waals surface area contributed by atoms with E-state index < -0.39 is 17.9 Å². The van der Waals surface area contributed by atoms with Gasteiger partial charge in [0.1, 0.15) is 11.8 Å². The molecule has 0 saturated carbocycles. The summed E-state index contributed by atoms with van der Waals surface area (Å²) in [5, 5.41) is 24.6. The molecular formula is C13H16N6O2. The van der Waals surface area contributed by atoms with Gasteiger partial charge in [0.05, 0.1) is 23.9 Å². The van der Waals surface area contributed by atoms with Gasteiger partial charge in [0.25, 0.3) is 0 Å². The number of nitriles is 1. The fraction of sp³-hybridized carbons (Fsp3) is 0.462. The molecule has 0 aliphatic rings. The Hall–Kier alpha value is -2.62. The Kier molecular flexibility index (Phi) is 6.14. The van der Waals surface area contributed by atoms with Crippen molar-refractivity contribution in [3.05, 3.63) is 34.0 Å². The molecule has 0 aromatic carbocycles. The third kappa shape index (κ3) is 4.45. The summed E-state index contributed by atoms with van der Waals surface area (Å²) >= 11 is 0. The van der Waals surface area contributed by atoms with Gasteiger partial charge in [0.2, 0.25) is 5.91 Å². The summed E-state index contributed by atoms with van der Waals surface area (Å²) < 4.78 is 0. The van der Waals surface area contributed by atoms with Crippen LogP contribution in [-0.2, 0) is 4.79 Å². The highest BCUT2D eigenvalue weighted by molar-refractivity contribution is 5.93. The Morgan fingerprint density at radius 1 is 1.71 bits per heavy atom.